The molecule has 0 heterocycles. The highest BCUT2D eigenvalue weighted by Gasteiger charge is 2.22. The third-order valence-electron chi connectivity index (χ3n) is 4.30. The summed E-state index contributed by atoms with van der Waals surface area (Å²) in [6.07, 6.45) is 7.43. The molecule has 0 aliphatic heterocycles. The Morgan fingerprint density at radius 3 is 2.30 bits per heavy atom. The van der Waals surface area contributed by atoms with Gasteiger partial charge in [-0.1, -0.05) is 31.7 Å². The number of hydrogen-bond donors (Lipinski definition) is 0. The molecule has 1 fully saturated rings. The van der Waals surface area contributed by atoms with Crippen LogP contribution in [0.3, 0.4) is 0 Å². The average molecular weight is 274 g/mol. The quantitative estimate of drug-likeness (QED) is 0.787. The van der Waals surface area contributed by atoms with Crippen molar-refractivity contribution in [3.05, 3.63) is 29.8 Å². The molecule has 0 spiro atoms. The first-order chi connectivity index (χ1) is 9.59. The number of hydrogen-bond acceptors (Lipinski definition) is 2. The van der Waals surface area contributed by atoms with Gasteiger partial charge < -0.3 is 9.80 Å². The number of carbonyl (C=O) groups is 1. The van der Waals surface area contributed by atoms with E-state index < -0.39 is 0 Å². The van der Waals surface area contributed by atoms with E-state index in [1.165, 1.54) is 25.7 Å². The molecule has 1 saturated carbocycles. The molecule has 1 aromatic rings. The topological polar surface area (TPSA) is 23.6 Å². The average Bonchev–Trinajstić information content (AvgIpc) is 2.75. The lowest BCUT2D eigenvalue weighted by Crippen LogP contribution is -2.36. The zero-order chi connectivity index (χ0) is 14.5. The Kier molecular flexibility index (Phi) is 5.05. The molecule has 0 saturated heterocycles. The van der Waals surface area contributed by atoms with Gasteiger partial charge in [-0.05, 0) is 31.0 Å². The maximum absolute atomic E-state index is 12.6. The summed E-state index contributed by atoms with van der Waals surface area (Å²) < 4.78 is 0. The molecule has 3 nitrogen and oxygen atoms in total. The normalized spacial score (nSPS) is 16.6. The lowest BCUT2D eigenvalue weighted by Gasteiger charge is -2.27. The van der Waals surface area contributed by atoms with E-state index >= 15 is 0 Å². The molecule has 1 aliphatic carbocycles. The molecule has 0 bridgehead atoms. The summed E-state index contributed by atoms with van der Waals surface area (Å²) in [7, 11) is 5.96. The van der Waals surface area contributed by atoms with E-state index in [-0.39, 0.29) is 5.91 Å². The van der Waals surface area contributed by atoms with E-state index in [2.05, 4.69) is 0 Å². The van der Waals surface area contributed by atoms with Crippen molar-refractivity contribution in [3.8, 4) is 0 Å². The zero-order valence-electron chi connectivity index (χ0n) is 12.9. The van der Waals surface area contributed by atoms with Gasteiger partial charge in [0, 0.05) is 38.4 Å². The molecule has 110 valence electrons. The van der Waals surface area contributed by atoms with E-state index in [1.807, 2.05) is 55.2 Å². The number of amides is 1. The summed E-state index contributed by atoms with van der Waals surface area (Å²) in [5.41, 5.74) is 1.87. The second-order valence-electron chi connectivity index (χ2n) is 6.01. The fourth-order valence-electron chi connectivity index (χ4n) is 2.93. The minimum Gasteiger partial charge on any atom is -0.378 e. The first-order valence-corrected chi connectivity index (χ1v) is 7.64. The minimum absolute atomic E-state index is 0.153. The third kappa shape index (κ3) is 3.53. The Morgan fingerprint density at radius 2 is 1.70 bits per heavy atom. The van der Waals surface area contributed by atoms with Crippen molar-refractivity contribution in [2.24, 2.45) is 0 Å². The zero-order valence-corrected chi connectivity index (χ0v) is 12.9. The van der Waals surface area contributed by atoms with Gasteiger partial charge in [0.25, 0.3) is 5.91 Å². The van der Waals surface area contributed by atoms with Gasteiger partial charge in [-0.15, -0.1) is 0 Å². The van der Waals surface area contributed by atoms with Crippen LogP contribution in [-0.2, 0) is 0 Å². The molecule has 1 aliphatic rings. The van der Waals surface area contributed by atoms with Crippen LogP contribution in [0.2, 0.25) is 0 Å². The smallest absolute Gasteiger partial charge is 0.253 e. The first kappa shape index (κ1) is 14.9. The van der Waals surface area contributed by atoms with Crippen molar-refractivity contribution < 1.29 is 4.79 Å². The number of carbonyl (C=O) groups excluding carboxylic acids is 1. The Balaban J connectivity index is 2.11. The van der Waals surface area contributed by atoms with Crippen LogP contribution in [0.1, 0.15) is 48.9 Å². The van der Waals surface area contributed by atoms with Crippen molar-refractivity contribution in [1.82, 2.24) is 4.90 Å². The lowest BCUT2D eigenvalue weighted by atomic mass is 10.1. The molecule has 0 N–H and O–H groups in total. The van der Waals surface area contributed by atoms with E-state index in [1.54, 1.807) is 0 Å². The molecular formula is C17H26N2O. The second kappa shape index (κ2) is 6.78. The Morgan fingerprint density at radius 1 is 1.05 bits per heavy atom. The Hall–Kier alpha value is -1.51. The maximum Gasteiger partial charge on any atom is 0.253 e. The SMILES string of the molecule is CN(C)c1cccc(C(=O)N(C)C2CCCCCC2)c1. The number of rotatable bonds is 3. The van der Waals surface area contributed by atoms with Crippen LogP contribution in [0.5, 0.6) is 0 Å². The second-order valence-corrected chi connectivity index (χ2v) is 6.01. The molecule has 20 heavy (non-hydrogen) atoms. The van der Waals surface area contributed by atoms with Gasteiger partial charge in [0.05, 0.1) is 0 Å². The molecular weight excluding hydrogens is 248 g/mol. The Bertz CT molecular complexity index is 448. The summed E-state index contributed by atoms with van der Waals surface area (Å²) in [6, 6.07) is 8.30. The van der Waals surface area contributed by atoms with Gasteiger partial charge in [0.15, 0.2) is 0 Å². The van der Waals surface area contributed by atoms with Gasteiger partial charge in [-0.3, -0.25) is 4.79 Å². The van der Waals surface area contributed by atoms with Crippen molar-refractivity contribution in [3.63, 3.8) is 0 Å². The fourth-order valence-corrected chi connectivity index (χ4v) is 2.93. The molecule has 0 atom stereocenters. The number of benzene rings is 1. The van der Waals surface area contributed by atoms with Gasteiger partial charge in [-0.2, -0.15) is 0 Å². The van der Waals surface area contributed by atoms with Crippen molar-refractivity contribution in [1.29, 1.82) is 0 Å². The third-order valence-corrected chi connectivity index (χ3v) is 4.30. The van der Waals surface area contributed by atoms with Gasteiger partial charge >= 0.3 is 0 Å². The monoisotopic (exact) mass is 274 g/mol. The lowest BCUT2D eigenvalue weighted by molar-refractivity contribution is 0.0718. The summed E-state index contributed by atoms with van der Waals surface area (Å²) in [6.45, 7) is 0. The summed E-state index contributed by atoms with van der Waals surface area (Å²) in [5.74, 6) is 0.153. The van der Waals surface area contributed by atoms with Crippen molar-refractivity contribution >= 4 is 11.6 Å². The van der Waals surface area contributed by atoms with Crippen LogP contribution < -0.4 is 4.90 Å². The van der Waals surface area contributed by atoms with Crippen LogP contribution in [0.4, 0.5) is 5.69 Å². The molecule has 0 aromatic heterocycles. The minimum atomic E-state index is 0.153. The van der Waals surface area contributed by atoms with Crippen LogP contribution in [0.15, 0.2) is 24.3 Å². The highest BCUT2D eigenvalue weighted by atomic mass is 16.2. The standard InChI is InChI=1S/C17H26N2O/c1-18(2)16-12-8-9-14(13-16)17(20)19(3)15-10-6-4-5-7-11-15/h8-9,12-13,15H,4-7,10-11H2,1-3H3. The maximum atomic E-state index is 12.6. The van der Waals surface area contributed by atoms with Gasteiger partial charge in [0.1, 0.15) is 0 Å². The highest BCUT2D eigenvalue weighted by Crippen LogP contribution is 2.23. The summed E-state index contributed by atoms with van der Waals surface area (Å²) in [5, 5.41) is 0. The van der Waals surface area contributed by atoms with E-state index in [0.717, 1.165) is 24.1 Å². The van der Waals surface area contributed by atoms with E-state index in [4.69, 9.17) is 0 Å². The first-order valence-electron chi connectivity index (χ1n) is 7.64. The number of nitrogens with zero attached hydrogens (tertiary/aromatic N) is 2. The van der Waals surface area contributed by atoms with Crippen LogP contribution in [0.25, 0.3) is 0 Å². The molecule has 2 rings (SSSR count). The predicted molar refractivity (Wildman–Crippen MR) is 84.4 cm³/mol. The predicted octanol–water partition coefficient (Wildman–Crippen LogP) is 3.55. The van der Waals surface area contributed by atoms with Crippen LogP contribution in [0, 0.1) is 0 Å². The van der Waals surface area contributed by atoms with Crippen LogP contribution in [-0.4, -0.2) is 38.0 Å². The largest absolute Gasteiger partial charge is 0.378 e. The fraction of sp³-hybridized carbons (Fsp3) is 0.588. The Labute approximate surface area is 122 Å². The number of anilines is 1. The molecule has 0 unspecified atom stereocenters. The molecule has 1 amide bonds. The summed E-state index contributed by atoms with van der Waals surface area (Å²) >= 11 is 0. The van der Waals surface area contributed by atoms with E-state index in [0.29, 0.717) is 6.04 Å². The van der Waals surface area contributed by atoms with Gasteiger partial charge in [0.2, 0.25) is 0 Å². The summed E-state index contributed by atoms with van der Waals surface area (Å²) in [4.78, 5) is 16.6. The van der Waals surface area contributed by atoms with E-state index in [9.17, 15) is 4.79 Å². The van der Waals surface area contributed by atoms with Crippen LogP contribution >= 0.6 is 0 Å². The molecule has 1 aromatic carbocycles. The van der Waals surface area contributed by atoms with Gasteiger partial charge in [-0.25, -0.2) is 0 Å². The molecule has 3 heteroatoms. The molecule has 0 radical (unpaired) electrons. The highest BCUT2D eigenvalue weighted by molar-refractivity contribution is 5.95. The van der Waals surface area contributed by atoms with Crippen molar-refractivity contribution in [2.75, 3.05) is 26.0 Å². The van der Waals surface area contributed by atoms with Crippen molar-refractivity contribution in [2.45, 2.75) is 44.6 Å².